The SMILES string of the molecule is Cc1cc(C)c(N)c(N)c1.Cl.Cl. The van der Waals surface area contributed by atoms with Gasteiger partial charge in [-0.2, -0.15) is 0 Å². The van der Waals surface area contributed by atoms with Crippen LogP contribution < -0.4 is 11.5 Å². The van der Waals surface area contributed by atoms with Crippen molar-refractivity contribution in [1.82, 2.24) is 0 Å². The number of aryl methyl sites for hydroxylation is 2. The summed E-state index contributed by atoms with van der Waals surface area (Å²) in [7, 11) is 0. The molecule has 0 saturated heterocycles. The Bertz CT molecular complexity index is 238. The number of hydrogen-bond donors (Lipinski definition) is 2. The van der Waals surface area contributed by atoms with Gasteiger partial charge in [0.15, 0.2) is 0 Å². The molecular formula is C8H14Cl2N2. The lowest BCUT2D eigenvalue weighted by molar-refractivity contribution is 1.39. The van der Waals surface area contributed by atoms with E-state index in [-0.39, 0.29) is 24.8 Å². The Kier molecular flexibility index (Phi) is 5.95. The summed E-state index contributed by atoms with van der Waals surface area (Å²) in [5.74, 6) is 0. The normalized spacial score (nSPS) is 8.17. The van der Waals surface area contributed by atoms with E-state index in [9.17, 15) is 0 Å². The molecule has 1 aromatic carbocycles. The molecule has 4 heteroatoms. The van der Waals surface area contributed by atoms with Gasteiger partial charge in [-0.1, -0.05) is 6.07 Å². The van der Waals surface area contributed by atoms with Crippen LogP contribution in [0.5, 0.6) is 0 Å². The van der Waals surface area contributed by atoms with Crippen molar-refractivity contribution < 1.29 is 0 Å². The van der Waals surface area contributed by atoms with Crippen LogP contribution in [0.2, 0.25) is 0 Å². The van der Waals surface area contributed by atoms with E-state index in [1.165, 1.54) is 0 Å². The van der Waals surface area contributed by atoms with Gasteiger partial charge in [-0.05, 0) is 31.0 Å². The summed E-state index contributed by atoms with van der Waals surface area (Å²) in [5, 5.41) is 0. The van der Waals surface area contributed by atoms with Crippen molar-refractivity contribution in [3.05, 3.63) is 23.3 Å². The maximum absolute atomic E-state index is 5.63. The molecule has 0 aliphatic heterocycles. The fourth-order valence-electron chi connectivity index (χ4n) is 1.01. The van der Waals surface area contributed by atoms with Crippen LogP contribution in [-0.2, 0) is 0 Å². The summed E-state index contributed by atoms with van der Waals surface area (Å²) in [6.45, 7) is 3.96. The van der Waals surface area contributed by atoms with E-state index in [0.29, 0.717) is 11.4 Å². The van der Waals surface area contributed by atoms with Crippen LogP contribution in [0.15, 0.2) is 12.1 Å². The van der Waals surface area contributed by atoms with Crippen LogP contribution in [0.4, 0.5) is 11.4 Å². The summed E-state index contributed by atoms with van der Waals surface area (Å²) in [6.07, 6.45) is 0. The number of benzene rings is 1. The summed E-state index contributed by atoms with van der Waals surface area (Å²) in [6, 6.07) is 3.90. The highest BCUT2D eigenvalue weighted by Gasteiger charge is 1.97. The van der Waals surface area contributed by atoms with Crippen molar-refractivity contribution in [3.63, 3.8) is 0 Å². The number of nitrogen functional groups attached to an aromatic ring is 2. The van der Waals surface area contributed by atoms with Gasteiger partial charge in [0.05, 0.1) is 11.4 Å². The summed E-state index contributed by atoms with van der Waals surface area (Å²) >= 11 is 0. The molecule has 0 saturated carbocycles. The third-order valence-electron chi connectivity index (χ3n) is 1.56. The minimum atomic E-state index is 0. The van der Waals surface area contributed by atoms with Gasteiger partial charge < -0.3 is 11.5 Å². The number of rotatable bonds is 0. The zero-order valence-electron chi connectivity index (χ0n) is 7.13. The molecule has 0 fully saturated rings. The molecule has 0 spiro atoms. The number of halogens is 2. The van der Waals surface area contributed by atoms with Gasteiger partial charge in [-0.15, -0.1) is 24.8 Å². The third-order valence-corrected chi connectivity index (χ3v) is 1.56. The van der Waals surface area contributed by atoms with E-state index in [0.717, 1.165) is 11.1 Å². The second kappa shape index (κ2) is 5.12. The van der Waals surface area contributed by atoms with Gasteiger partial charge in [-0.25, -0.2) is 0 Å². The van der Waals surface area contributed by atoms with Gasteiger partial charge in [-0.3, -0.25) is 0 Å². The lowest BCUT2D eigenvalue weighted by Crippen LogP contribution is -1.97. The van der Waals surface area contributed by atoms with Crippen molar-refractivity contribution in [2.24, 2.45) is 0 Å². The molecule has 0 aliphatic rings. The monoisotopic (exact) mass is 208 g/mol. The second-order valence-corrected chi connectivity index (χ2v) is 2.58. The van der Waals surface area contributed by atoms with Crippen molar-refractivity contribution in [2.45, 2.75) is 13.8 Å². The summed E-state index contributed by atoms with van der Waals surface area (Å²) in [5.41, 5.74) is 14.8. The molecule has 4 N–H and O–H groups in total. The Balaban J connectivity index is 0. The average Bonchev–Trinajstić information content (AvgIpc) is 1.82. The lowest BCUT2D eigenvalue weighted by Gasteiger charge is -2.04. The molecule has 0 bridgehead atoms. The predicted octanol–water partition coefficient (Wildman–Crippen LogP) is 2.31. The molecule has 0 aliphatic carbocycles. The van der Waals surface area contributed by atoms with Gasteiger partial charge in [0.2, 0.25) is 0 Å². The van der Waals surface area contributed by atoms with Crippen molar-refractivity contribution in [3.8, 4) is 0 Å². The first-order chi connectivity index (χ1) is 4.61. The molecule has 2 nitrogen and oxygen atoms in total. The standard InChI is InChI=1S/C8H12N2.2ClH/c1-5-3-6(2)8(10)7(9)4-5;;/h3-4H,9-10H2,1-2H3;2*1H. The first-order valence-electron chi connectivity index (χ1n) is 3.23. The molecule has 0 aromatic heterocycles. The van der Waals surface area contributed by atoms with Gasteiger partial charge in [0.1, 0.15) is 0 Å². The Morgan fingerprint density at radius 3 is 1.92 bits per heavy atom. The Hall–Kier alpha value is -0.600. The molecule has 0 radical (unpaired) electrons. The van der Waals surface area contributed by atoms with E-state index < -0.39 is 0 Å². The topological polar surface area (TPSA) is 52.0 Å². The first kappa shape index (κ1) is 14.0. The summed E-state index contributed by atoms with van der Waals surface area (Å²) in [4.78, 5) is 0. The van der Waals surface area contributed by atoms with Gasteiger partial charge in [0.25, 0.3) is 0 Å². The van der Waals surface area contributed by atoms with Gasteiger partial charge >= 0.3 is 0 Å². The molecule has 1 aromatic rings. The maximum atomic E-state index is 5.63. The minimum Gasteiger partial charge on any atom is -0.397 e. The number of nitrogens with two attached hydrogens (primary N) is 2. The van der Waals surface area contributed by atoms with E-state index in [1.54, 1.807) is 0 Å². The zero-order chi connectivity index (χ0) is 7.72. The van der Waals surface area contributed by atoms with E-state index in [1.807, 2.05) is 26.0 Å². The quantitative estimate of drug-likeness (QED) is 0.644. The predicted molar refractivity (Wildman–Crippen MR) is 59.2 cm³/mol. The molecular weight excluding hydrogens is 195 g/mol. The van der Waals surface area contributed by atoms with E-state index in [4.69, 9.17) is 11.5 Å². The number of hydrogen-bond acceptors (Lipinski definition) is 2. The van der Waals surface area contributed by atoms with Crippen molar-refractivity contribution >= 4 is 36.2 Å². The highest BCUT2D eigenvalue weighted by molar-refractivity contribution is 5.85. The number of anilines is 2. The first-order valence-corrected chi connectivity index (χ1v) is 3.23. The molecule has 0 unspecified atom stereocenters. The highest BCUT2D eigenvalue weighted by atomic mass is 35.5. The molecule has 0 amide bonds. The lowest BCUT2D eigenvalue weighted by atomic mass is 10.1. The Morgan fingerprint density at radius 2 is 1.50 bits per heavy atom. The maximum Gasteiger partial charge on any atom is 0.0577 e. The van der Waals surface area contributed by atoms with Crippen LogP contribution in [0, 0.1) is 13.8 Å². The zero-order valence-corrected chi connectivity index (χ0v) is 8.76. The van der Waals surface area contributed by atoms with Crippen molar-refractivity contribution in [2.75, 3.05) is 11.5 Å². The largest absolute Gasteiger partial charge is 0.397 e. The van der Waals surface area contributed by atoms with E-state index >= 15 is 0 Å². The molecule has 1 rings (SSSR count). The van der Waals surface area contributed by atoms with Crippen LogP contribution in [-0.4, -0.2) is 0 Å². The van der Waals surface area contributed by atoms with E-state index in [2.05, 4.69) is 0 Å². The van der Waals surface area contributed by atoms with Crippen LogP contribution >= 0.6 is 24.8 Å². The fourth-order valence-corrected chi connectivity index (χ4v) is 1.01. The Labute approximate surface area is 85.1 Å². The molecule has 12 heavy (non-hydrogen) atoms. The van der Waals surface area contributed by atoms with Crippen molar-refractivity contribution in [1.29, 1.82) is 0 Å². The fraction of sp³-hybridized carbons (Fsp3) is 0.250. The minimum absolute atomic E-state index is 0. The van der Waals surface area contributed by atoms with Crippen LogP contribution in [0.1, 0.15) is 11.1 Å². The van der Waals surface area contributed by atoms with Gasteiger partial charge in [0, 0.05) is 0 Å². The second-order valence-electron chi connectivity index (χ2n) is 2.58. The third kappa shape index (κ3) is 2.80. The molecule has 0 heterocycles. The summed E-state index contributed by atoms with van der Waals surface area (Å²) < 4.78 is 0. The van der Waals surface area contributed by atoms with Crippen LogP contribution in [0.3, 0.4) is 0 Å². The highest BCUT2D eigenvalue weighted by Crippen LogP contribution is 2.20. The Morgan fingerprint density at radius 1 is 1.00 bits per heavy atom. The average molecular weight is 209 g/mol. The smallest absolute Gasteiger partial charge is 0.0577 e. The molecule has 70 valence electrons. The molecule has 0 atom stereocenters. The van der Waals surface area contributed by atoms with Crippen LogP contribution in [0.25, 0.3) is 0 Å².